The van der Waals surface area contributed by atoms with Gasteiger partial charge in [0.2, 0.25) is 0 Å². The number of hydrogen-bond acceptors (Lipinski definition) is 9. The molecular formula is C29H31ClN6O3S. The predicted molar refractivity (Wildman–Crippen MR) is 156 cm³/mol. The Kier molecular flexibility index (Phi) is 6.98. The van der Waals surface area contributed by atoms with Crippen LogP contribution in [0, 0.1) is 0 Å². The highest BCUT2D eigenvalue weighted by molar-refractivity contribution is 7.99. The van der Waals surface area contributed by atoms with Gasteiger partial charge in [0, 0.05) is 43.5 Å². The smallest absolute Gasteiger partial charge is 0.262 e. The van der Waals surface area contributed by atoms with Crippen LogP contribution in [0.25, 0.3) is 10.9 Å². The summed E-state index contributed by atoms with van der Waals surface area (Å²) >= 11 is 8.11. The van der Waals surface area contributed by atoms with Gasteiger partial charge in [-0.1, -0.05) is 41.6 Å². The molecule has 0 radical (unpaired) electrons. The number of fused-ring (bicyclic) bond motifs is 2. The summed E-state index contributed by atoms with van der Waals surface area (Å²) in [5.74, 6) is 1.70. The first-order valence-corrected chi connectivity index (χ1v) is 14.4. The Balaban J connectivity index is 1.16. The molecule has 1 saturated heterocycles. The summed E-state index contributed by atoms with van der Waals surface area (Å²) in [5.41, 5.74) is 7.14. The van der Waals surface area contributed by atoms with E-state index >= 15 is 0 Å². The number of halogens is 1. The summed E-state index contributed by atoms with van der Waals surface area (Å²) < 4.78 is 13.4. The fourth-order valence-electron chi connectivity index (χ4n) is 5.41. The van der Waals surface area contributed by atoms with Crippen molar-refractivity contribution in [1.82, 2.24) is 19.5 Å². The predicted octanol–water partition coefficient (Wildman–Crippen LogP) is 4.85. The molecule has 0 unspecified atom stereocenters. The quantitative estimate of drug-likeness (QED) is 0.343. The van der Waals surface area contributed by atoms with Gasteiger partial charge >= 0.3 is 0 Å². The van der Waals surface area contributed by atoms with Gasteiger partial charge in [0.1, 0.15) is 22.2 Å². The van der Waals surface area contributed by atoms with Crippen molar-refractivity contribution in [2.24, 2.45) is 5.73 Å². The largest absolute Gasteiger partial charge is 0.485 e. The summed E-state index contributed by atoms with van der Waals surface area (Å²) in [6.45, 7) is 5.74. The Bertz CT molecular complexity index is 1620. The van der Waals surface area contributed by atoms with Crippen molar-refractivity contribution in [2.75, 3.05) is 25.1 Å². The van der Waals surface area contributed by atoms with Crippen LogP contribution in [0.15, 0.2) is 69.8 Å². The number of anilines is 1. The third kappa shape index (κ3) is 4.83. The number of nitrogens with zero attached hydrogens (tertiary/aromatic N) is 5. The highest BCUT2D eigenvalue weighted by Crippen LogP contribution is 2.47. The van der Waals surface area contributed by atoms with E-state index in [1.165, 1.54) is 22.7 Å². The number of benzene rings is 2. The van der Waals surface area contributed by atoms with E-state index in [0.717, 1.165) is 43.1 Å². The van der Waals surface area contributed by atoms with Crippen molar-refractivity contribution >= 4 is 40.1 Å². The molecule has 6 rings (SSSR count). The number of methoxy groups -OCH3 is 1. The van der Waals surface area contributed by atoms with Gasteiger partial charge < -0.3 is 20.1 Å². The summed E-state index contributed by atoms with van der Waals surface area (Å²) in [5, 5.41) is 1.41. The molecule has 2 N–H and O–H groups in total. The standard InChI is InChI=1S/C29H31ClN6O3S/c1-28(2,38-3)16-36-17-34-19-8-9-21(25(30)24(19)27(36)37)40-23-15-32-22(14-33-23)35-12-10-29(11-13-35)26(31)18-6-4-5-7-20(18)39-29/h4-9,14-15,17,26H,10-13,16,31H2,1-3H3/t26-/m1/s1. The number of nitrogens with two attached hydrogens (primary N) is 1. The van der Waals surface area contributed by atoms with E-state index in [1.54, 1.807) is 25.6 Å². The van der Waals surface area contributed by atoms with Crippen LogP contribution in [0.1, 0.15) is 38.3 Å². The molecule has 1 fully saturated rings. The number of ether oxygens (including phenoxy) is 2. The zero-order valence-electron chi connectivity index (χ0n) is 22.6. The van der Waals surface area contributed by atoms with Gasteiger partial charge in [-0.15, -0.1) is 0 Å². The third-order valence-electron chi connectivity index (χ3n) is 7.90. The van der Waals surface area contributed by atoms with Gasteiger partial charge in [-0.3, -0.25) is 9.36 Å². The highest BCUT2D eigenvalue weighted by Gasteiger charge is 2.48. The number of aromatic nitrogens is 4. The maximum atomic E-state index is 13.3. The second-order valence-electron chi connectivity index (χ2n) is 10.9. The average Bonchev–Trinajstić information content (AvgIpc) is 3.23. The Morgan fingerprint density at radius 3 is 2.62 bits per heavy atom. The van der Waals surface area contributed by atoms with Crippen LogP contribution < -0.4 is 20.9 Å². The molecule has 9 nitrogen and oxygen atoms in total. The lowest BCUT2D eigenvalue weighted by atomic mass is 9.83. The normalized spacial score (nSPS) is 18.2. The molecule has 0 saturated carbocycles. The molecule has 2 aromatic heterocycles. The molecule has 1 atom stereocenters. The lowest BCUT2D eigenvalue weighted by Crippen LogP contribution is -2.51. The first-order chi connectivity index (χ1) is 19.2. The molecule has 40 heavy (non-hydrogen) atoms. The summed E-state index contributed by atoms with van der Waals surface area (Å²) in [6, 6.07) is 11.6. The van der Waals surface area contributed by atoms with Crippen LogP contribution in [0.3, 0.4) is 0 Å². The van der Waals surface area contributed by atoms with Crippen LogP contribution in [0.5, 0.6) is 5.75 Å². The molecule has 2 aliphatic heterocycles. The molecule has 208 valence electrons. The van der Waals surface area contributed by atoms with Gasteiger partial charge in [-0.25, -0.2) is 15.0 Å². The molecular weight excluding hydrogens is 548 g/mol. The van der Waals surface area contributed by atoms with Gasteiger partial charge in [-0.05, 0) is 32.0 Å². The lowest BCUT2D eigenvalue weighted by molar-refractivity contribution is 0.00728. The van der Waals surface area contributed by atoms with E-state index in [1.807, 2.05) is 38.1 Å². The van der Waals surface area contributed by atoms with Gasteiger partial charge in [0.05, 0.1) is 52.8 Å². The molecule has 11 heteroatoms. The maximum Gasteiger partial charge on any atom is 0.262 e. The molecule has 0 aliphatic carbocycles. The van der Waals surface area contributed by atoms with E-state index in [2.05, 4.69) is 25.9 Å². The van der Waals surface area contributed by atoms with E-state index in [9.17, 15) is 4.79 Å². The highest BCUT2D eigenvalue weighted by atomic mass is 35.5. The summed E-state index contributed by atoms with van der Waals surface area (Å²) in [4.78, 5) is 29.9. The van der Waals surface area contributed by atoms with E-state index < -0.39 is 5.60 Å². The molecule has 4 aromatic rings. The minimum absolute atomic E-state index is 0.131. The lowest BCUT2D eigenvalue weighted by Gasteiger charge is -2.41. The monoisotopic (exact) mass is 578 g/mol. The van der Waals surface area contributed by atoms with Crippen molar-refractivity contribution in [3.63, 3.8) is 0 Å². The molecule has 2 aromatic carbocycles. The molecule has 4 heterocycles. The molecule has 1 spiro atoms. The van der Waals surface area contributed by atoms with Crippen LogP contribution in [-0.2, 0) is 11.3 Å². The molecule has 2 aliphatic rings. The Morgan fingerprint density at radius 2 is 1.93 bits per heavy atom. The van der Waals surface area contributed by atoms with Gasteiger partial charge in [0.25, 0.3) is 5.56 Å². The van der Waals surface area contributed by atoms with E-state index in [0.29, 0.717) is 32.4 Å². The number of hydrogen-bond donors (Lipinski definition) is 1. The van der Waals surface area contributed by atoms with Crippen molar-refractivity contribution in [2.45, 2.75) is 60.4 Å². The second-order valence-corrected chi connectivity index (χ2v) is 12.3. The zero-order valence-corrected chi connectivity index (χ0v) is 24.2. The fourth-order valence-corrected chi connectivity index (χ4v) is 6.53. The third-order valence-corrected chi connectivity index (χ3v) is 9.38. The van der Waals surface area contributed by atoms with Crippen molar-refractivity contribution in [1.29, 1.82) is 0 Å². The van der Waals surface area contributed by atoms with Crippen LogP contribution in [-0.4, -0.2) is 50.9 Å². The first-order valence-electron chi connectivity index (χ1n) is 13.2. The Labute approximate surface area is 241 Å². The van der Waals surface area contributed by atoms with E-state index in [-0.39, 0.29) is 17.2 Å². The maximum absolute atomic E-state index is 13.3. The van der Waals surface area contributed by atoms with Crippen LogP contribution in [0.2, 0.25) is 5.02 Å². The zero-order chi connectivity index (χ0) is 28.1. The summed E-state index contributed by atoms with van der Waals surface area (Å²) in [7, 11) is 1.62. The van der Waals surface area contributed by atoms with Crippen molar-refractivity contribution in [3.05, 3.63) is 76.1 Å². The average molecular weight is 579 g/mol. The Hall–Kier alpha value is -3.18. The van der Waals surface area contributed by atoms with Crippen molar-refractivity contribution in [3.8, 4) is 5.75 Å². The van der Waals surface area contributed by atoms with E-state index in [4.69, 9.17) is 26.8 Å². The fraction of sp³-hybridized carbons (Fsp3) is 0.379. The van der Waals surface area contributed by atoms with Gasteiger partial charge in [-0.2, -0.15) is 0 Å². The second kappa shape index (κ2) is 10.3. The minimum atomic E-state index is -0.522. The number of para-hydroxylation sites is 1. The first kappa shape index (κ1) is 27.0. The van der Waals surface area contributed by atoms with Crippen LogP contribution >= 0.6 is 23.4 Å². The van der Waals surface area contributed by atoms with Gasteiger partial charge in [0.15, 0.2) is 0 Å². The van der Waals surface area contributed by atoms with Crippen LogP contribution in [0.4, 0.5) is 5.82 Å². The number of rotatable bonds is 6. The summed E-state index contributed by atoms with van der Waals surface area (Å²) in [6.07, 6.45) is 6.66. The topological polar surface area (TPSA) is 108 Å². The molecule has 0 amide bonds. The SMILES string of the molecule is COC(C)(C)Cn1cnc2ccc(Sc3cnc(N4CCC5(CC4)Oc4ccccc4[C@H]5N)cn3)c(Cl)c2c1=O. The minimum Gasteiger partial charge on any atom is -0.485 e. The number of piperidine rings is 1. The Morgan fingerprint density at radius 1 is 1.15 bits per heavy atom. The van der Waals surface area contributed by atoms with Crippen molar-refractivity contribution < 1.29 is 9.47 Å². The molecule has 0 bridgehead atoms.